The summed E-state index contributed by atoms with van der Waals surface area (Å²) in [5.74, 6) is 0.402. The minimum atomic E-state index is 0.402. The van der Waals surface area contributed by atoms with Crippen molar-refractivity contribution in [2.45, 2.75) is 46.0 Å². The van der Waals surface area contributed by atoms with Crippen molar-refractivity contribution in [1.82, 2.24) is 0 Å². The number of hydrogen-bond acceptors (Lipinski definition) is 0. The summed E-state index contributed by atoms with van der Waals surface area (Å²) in [6, 6.07) is 43.2. The minimum Gasteiger partial charge on any atom is -0.0842 e. The fourth-order valence-electron chi connectivity index (χ4n) is 7.36. The average Bonchev–Trinajstić information content (AvgIpc) is 3.40. The van der Waals surface area contributed by atoms with E-state index in [0.717, 1.165) is 19.3 Å². The van der Waals surface area contributed by atoms with E-state index in [-0.39, 0.29) is 0 Å². The van der Waals surface area contributed by atoms with Gasteiger partial charge in [0.25, 0.3) is 0 Å². The summed E-state index contributed by atoms with van der Waals surface area (Å²) in [4.78, 5) is 0. The molecule has 8 rings (SSSR count). The molecular weight excluding hydrogens is 516 g/mol. The topological polar surface area (TPSA) is 0 Å². The van der Waals surface area contributed by atoms with Crippen molar-refractivity contribution in [3.63, 3.8) is 0 Å². The van der Waals surface area contributed by atoms with Gasteiger partial charge in [-0.1, -0.05) is 142 Å². The summed E-state index contributed by atoms with van der Waals surface area (Å²) in [7, 11) is 0. The van der Waals surface area contributed by atoms with Crippen LogP contribution in [0.25, 0.3) is 60.5 Å². The fourth-order valence-corrected chi connectivity index (χ4v) is 7.36. The van der Waals surface area contributed by atoms with E-state index in [1.807, 2.05) is 13.8 Å². The minimum absolute atomic E-state index is 0.402. The second-order valence-corrected chi connectivity index (χ2v) is 11.4. The Labute approximate surface area is 256 Å². The lowest BCUT2D eigenvalue weighted by atomic mass is 9.83. The summed E-state index contributed by atoms with van der Waals surface area (Å²) in [5.41, 5.74) is 13.8. The predicted molar refractivity (Wildman–Crippen MR) is 188 cm³/mol. The Hall–Kier alpha value is -4.68. The maximum absolute atomic E-state index is 2.50. The molecule has 43 heavy (non-hydrogen) atoms. The Kier molecular flexibility index (Phi) is 7.29. The van der Waals surface area contributed by atoms with Gasteiger partial charge in [-0.05, 0) is 109 Å². The van der Waals surface area contributed by atoms with Crippen LogP contribution in [-0.4, -0.2) is 0 Å². The largest absolute Gasteiger partial charge is 0.0842 e. The standard InChI is InChI=1S/C41H32.C2H6/c1-2-31-38-25-29(27-13-5-3-6-14-27)21-23-32(38)33-24-22-30(26-39(31)33)41-36-19-11-9-17-34(36)40(28-15-7-4-8-16-28)35-18-10-12-20-37(35)41;1-2/h3-7,9-15,17-26,31H,2,8,16H2,1H3;1-2H3. The Bertz CT molecular complexity index is 1960. The summed E-state index contributed by atoms with van der Waals surface area (Å²) in [6.45, 7) is 6.33. The van der Waals surface area contributed by atoms with Gasteiger partial charge >= 0.3 is 0 Å². The van der Waals surface area contributed by atoms with Crippen molar-refractivity contribution >= 4 is 27.1 Å². The van der Waals surface area contributed by atoms with Gasteiger partial charge in [-0.25, -0.2) is 0 Å². The summed E-state index contributed by atoms with van der Waals surface area (Å²) in [5, 5.41) is 5.38. The highest BCUT2D eigenvalue weighted by atomic mass is 14.3. The number of rotatable bonds is 4. The maximum Gasteiger partial charge on any atom is 0.00994 e. The van der Waals surface area contributed by atoms with Gasteiger partial charge in [0.05, 0.1) is 0 Å². The highest BCUT2D eigenvalue weighted by Gasteiger charge is 2.29. The third kappa shape index (κ3) is 4.54. The van der Waals surface area contributed by atoms with Crippen LogP contribution in [0.2, 0.25) is 0 Å². The molecule has 0 saturated heterocycles. The molecule has 6 aromatic carbocycles. The van der Waals surface area contributed by atoms with Gasteiger partial charge in [0.1, 0.15) is 0 Å². The van der Waals surface area contributed by atoms with Crippen molar-refractivity contribution in [2.24, 2.45) is 0 Å². The first-order chi connectivity index (χ1) is 21.3. The van der Waals surface area contributed by atoms with Gasteiger partial charge < -0.3 is 0 Å². The van der Waals surface area contributed by atoms with E-state index < -0.39 is 0 Å². The van der Waals surface area contributed by atoms with E-state index in [9.17, 15) is 0 Å². The van der Waals surface area contributed by atoms with Crippen molar-refractivity contribution < 1.29 is 0 Å². The monoisotopic (exact) mass is 554 g/mol. The molecule has 210 valence electrons. The van der Waals surface area contributed by atoms with Crippen LogP contribution < -0.4 is 0 Å². The zero-order valence-electron chi connectivity index (χ0n) is 25.4. The first-order valence-electron chi connectivity index (χ1n) is 16.0. The SMILES string of the molecule is CC.CCC1c2cc(-c3ccccc3)ccc2-c2ccc(-c3c4ccccc4c(C4=CC=CCC4)c4ccccc34)cc21. The molecular formula is C43H38. The van der Waals surface area contributed by atoms with Gasteiger partial charge in [-0.2, -0.15) is 0 Å². The second-order valence-electron chi connectivity index (χ2n) is 11.4. The molecule has 0 heteroatoms. The van der Waals surface area contributed by atoms with Crippen LogP contribution in [-0.2, 0) is 0 Å². The van der Waals surface area contributed by atoms with Gasteiger partial charge in [-0.15, -0.1) is 0 Å². The molecule has 0 spiro atoms. The third-order valence-electron chi connectivity index (χ3n) is 9.21. The van der Waals surface area contributed by atoms with Crippen molar-refractivity contribution in [1.29, 1.82) is 0 Å². The molecule has 1 atom stereocenters. The molecule has 0 heterocycles. The van der Waals surface area contributed by atoms with E-state index in [1.54, 1.807) is 0 Å². The summed E-state index contributed by atoms with van der Waals surface area (Å²) < 4.78 is 0. The van der Waals surface area contributed by atoms with Gasteiger partial charge in [0.2, 0.25) is 0 Å². The van der Waals surface area contributed by atoms with Crippen LogP contribution in [0.1, 0.15) is 62.6 Å². The zero-order chi connectivity index (χ0) is 29.3. The molecule has 2 aliphatic rings. The molecule has 0 aromatic heterocycles. The molecule has 0 nitrogen and oxygen atoms in total. The molecule has 1 unspecified atom stereocenters. The Morgan fingerprint density at radius 1 is 0.558 bits per heavy atom. The highest BCUT2D eigenvalue weighted by molar-refractivity contribution is 6.19. The quantitative estimate of drug-likeness (QED) is 0.190. The molecule has 0 radical (unpaired) electrons. The molecule has 0 saturated carbocycles. The lowest BCUT2D eigenvalue weighted by Crippen LogP contribution is -1.97. The zero-order valence-corrected chi connectivity index (χ0v) is 25.4. The van der Waals surface area contributed by atoms with E-state index in [0.29, 0.717) is 5.92 Å². The first-order valence-corrected chi connectivity index (χ1v) is 16.0. The molecule has 0 fully saturated rings. The highest BCUT2D eigenvalue weighted by Crippen LogP contribution is 2.50. The smallest absolute Gasteiger partial charge is 0.00994 e. The molecule has 0 N–H and O–H groups in total. The number of hydrogen-bond donors (Lipinski definition) is 0. The average molecular weight is 555 g/mol. The number of benzene rings is 6. The summed E-state index contributed by atoms with van der Waals surface area (Å²) >= 11 is 0. The van der Waals surface area contributed by atoms with E-state index in [4.69, 9.17) is 0 Å². The van der Waals surface area contributed by atoms with Crippen LogP contribution >= 0.6 is 0 Å². The molecule has 2 aliphatic carbocycles. The lowest BCUT2D eigenvalue weighted by Gasteiger charge is -2.20. The Morgan fingerprint density at radius 2 is 1.09 bits per heavy atom. The van der Waals surface area contributed by atoms with Crippen LogP contribution in [0, 0.1) is 0 Å². The van der Waals surface area contributed by atoms with Crippen LogP contribution in [0.4, 0.5) is 0 Å². The van der Waals surface area contributed by atoms with E-state index >= 15 is 0 Å². The van der Waals surface area contributed by atoms with Gasteiger partial charge in [0, 0.05) is 5.92 Å². The molecule has 0 bridgehead atoms. The van der Waals surface area contributed by atoms with Crippen LogP contribution in [0.5, 0.6) is 0 Å². The Balaban J connectivity index is 0.00000147. The number of fused-ring (bicyclic) bond motifs is 5. The Morgan fingerprint density at radius 3 is 1.65 bits per heavy atom. The second kappa shape index (κ2) is 11.5. The van der Waals surface area contributed by atoms with Crippen molar-refractivity contribution in [2.75, 3.05) is 0 Å². The molecule has 6 aromatic rings. The summed E-state index contributed by atoms with van der Waals surface area (Å²) in [6.07, 6.45) is 10.1. The van der Waals surface area contributed by atoms with Gasteiger partial charge in [0.15, 0.2) is 0 Å². The fraction of sp³-hybridized carbons (Fsp3) is 0.163. The van der Waals surface area contributed by atoms with Crippen molar-refractivity contribution in [3.05, 3.63) is 150 Å². The molecule has 0 amide bonds. The van der Waals surface area contributed by atoms with E-state index in [1.165, 1.54) is 77.2 Å². The van der Waals surface area contributed by atoms with Gasteiger partial charge in [-0.3, -0.25) is 0 Å². The lowest BCUT2D eigenvalue weighted by molar-refractivity contribution is 0.798. The van der Waals surface area contributed by atoms with Crippen molar-refractivity contribution in [3.8, 4) is 33.4 Å². The third-order valence-corrected chi connectivity index (χ3v) is 9.21. The normalized spacial score (nSPS) is 15.0. The molecule has 0 aliphatic heterocycles. The number of allylic oxidation sites excluding steroid dienone is 4. The van der Waals surface area contributed by atoms with E-state index in [2.05, 4.69) is 140 Å². The first kappa shape index (κ1) is 27.2. The predicted octanol–water partition coefficient (Wildman–Crippen LogP) is 12.6. The maximum atomic E-state index is 2.50. The van der Waals surface area contributed by atoms with Crippen LogP contribution in [0.3, 0.4) is 0 Å². The van der Waals surface area contributed by atoms with Crippen LogP contribution in [0.15, 0.2) is 133 Å².